The van der Waals surface area contributed by atoms with Crippen molar-refractivity contribution in [3.63, 3.8) is 0 Å². The molecule has 3 saturated heterocycles. The van der Waals surface area contributed by atoms with Crippen molar-refractivity contribution in [2.45, 2.75) is 76.7 Å². The summed E-state index contributed by atoms with van der Waals surface area (Å²) in [5.74, 6) is -0.579. The number of nitrogens with zero attached hydrogens (tertiary/aromatic N) is 6. The van der Waals surface area contributed by atoms with Gasteiger partial charge in [-0.05, 0) is 98.8 Å². The summed E-state index contributed by atoms with van der Waals surface area (Å²) >= 11 is 1.47. The first-order valence-electron chi connectivity index (χ1n) is 21.0. The highest BCUT2D eigenvalue weighted by molar-refractivity contribution is 7.92. The van der Waals surface area contributed by atoms with Gasteiger partial charge in [0.1, 0.15) is 0 Å². The molecule has 0 saturated carbocycles. The second kappa shape index (κ2) is 18.0. The summed E-state index contributed by atoms with van der Waals surface area (Å²) in [5.41, 5.74) is 10.3. The van der Waals surface area contributed by atoms with E-state index in [1.54, 1.807) is 31.3 Å². The number of benzene rings is 2. The van der Waals surface area contributed by atoms with Crippen molar-refractivity contribution in [3.8, 4) is 21.8 Å². The number of hydrogen-bond donors (Lipinski definition) is 3. The minimum Gasteiger partial charge on any atom is -0.368 e. The van der Waals surface area contributed by atoms with Crippen molar-refractivity contribution in [2.24, 2.45) is 5.92 Å². The highest BCUT2D eigenvalue weighted by Crippen LogP contribution is 2.43. The van der Waals surface area contributed by atoms with Crippen LogP contribution < -0.4 is 15.8 Å². The summed E-state index contributed by atoms with van der Waals surface area (Å²) in [6.45, 7) is 7.96. The minimum absolute atomic E-state index is 0.0938. The Balaban J connectivity index is 0.840. The number of nitrogens with one attached hydrogen (secondary N) is 2. The predicted octanol–water partition coefficient (Wildman–Crippen LogP) is 5.14. The largest absolute Gasteiger partial charge is 0.368 e. The summed E-state index contributed by atoms with van der Waals surface area (Å²) in [4.78, 5) is 58.3. The molecular weight excluding hydrogens is 806 g/mol. The average molecular weight is 858 g/mol. The summed E-state index contributed by atoms with van der Waals surface area (Å²) in [6.07, 6.45) is 7.41. The van der Waals surface area contributed by atoms with Crippen LogP contribution in [0.15, 0.2) is 48.7 Å². The number of hydrogen-bond acceptors (Lipinski definition) is 12. The summed E-state index contributed by atoms with van der Waals surface area (Å²) in [7, 11) is -3.71. The Hall–Kier alpha value is -4.84. The van der Waals surface area contributed by atoms with Gasteiger partial charge < -0.3 is 15.5 Å². The maximum absolute atomic E-state index is 16.1. The number of aromatic nitrogens is 3. The lowest BCUT2D eigenvalue weighted by Gasteiger charge is -2.38. The third-order valence-corrected chi connectivity index (χ3v) is 15.0. The van der Waals surface area contributed by atoms with Crippen LogP contribution in [0.4, 0.5) is 16.0 Å². The lowest BCUT2D eigenvalue weighted by molar-refractivity contribution is -0.135. The van der Waals surface area contributed by atoms with Gasteiger partial charge in [-0.2, -0.15) is 0 Å². The molecule has 0 bridgehead atoms. The molecule has 6 heterocycles. The number of sulfonamides is 1. The fourth-order valence-electron chi connectivity index (χ4n) is 9.03. The number of rotatable bonds is 12. The van der Waals surface area contributed by atoms with E-state index >= 15 is 4.39 Å². The number of carbonyl (C=O) groups is 3. The third kappa shape index (κ3) is 9.54. The summed E-state index contributed by atoms with van der Waals surface area (Å²) < 4.78 is 43.5. The number of nitrogen functional groups attached to an aromatic ring is 1. The molecule has 4 aromatic rings. The van der Waals surface area contributed by atoms with Gasteiger partial charge in [-0.1, -0.05) is 31.2 Å². The summed E-state index contributed by atoms with van der Waals surface area (Å²) in [6, 6.07) is 12.6. The highest BCUT2D eigenvalue weighted by atomic mass is 32.2. The number of imide groups is 1. The van der Waals surface area contributed by atoms with Crippen LogP contribution in [0.3, 0.4) is 0 Å². The predicted molar refractivity (Wildman–Crippen MR) is 229 cm³/mol. The van der Waals surface area contributed by atoms with Crippen molar-refractivity contribution in [3.05, 3.63) is 76.2 Å². The zero-order chi connectivity index (χ0) is 42.0. The van der Waals surface area contributed by atoms with Gasteiger partial charge in [0.05, 0.1) is 45.2 Å². The van der Waals surface area contributed by atoms with Crippen molar-refractivity contribution in [1.82, 2.24) is 35.0 Å². The number of nitrogens with two attached hydrogens (primary N) is 1. The molecule has 0 spiro atoms. The normalized spacial score (nSPS) is 19.9. The number of likely N-dealkylation sites (tertiary alicyclic amines) is 2. The minimum atomic E-state index is -3.71. The van der Waals surface area contributed by atoms with E-state index in [9.17, 15) is 22.8 Å². The molecule has 2 aromatic carbocycles. The molecule has 0 aliphatic carbocycles. The molecule has 1 atom stereocenters. The Bertz CT molecular complexity index is 2360. The van der Waals surface area contributed by atoms with Gasteiger partial charge in [-0.25, -0.2) is 27.8 Å². The molecule has 3 amide bonds. The smallest absolute Gasteiger partial charge is 0.236 e. The van der Waals surface area contributed by atoms with Gasteiger partial charge in [-0.3, -0.25) is 29.3 Å². The van der Waals surface area contributed by atoms with E-state index in [-0.39, 0.29) is 52.5 Å². The van der Waals surface area contributed by atoms with E-state index in [0.717, 1.165) is 81.9 Å². The van der Waals surface area contributed by atoms with E-state index in [1.165, 1.54) is 28.5 Å². The zero-order valence-corrected chi connectivity index (χ0v) is 35.5. The number of carbonyl (C=O) groups excluding carboxylic acids is 3. The van der Waals surface area contributed by atoms with Crippen molar-refractivity contribution in [1.29, 1.82) is 0 Å². The Kier molecular flexibility index (Phi) is 12.6. The van der Waals surface area contributed by atoms with Gasteiger partial charge >= 0.3 is 0 Å². The Morgan fingerprint density at radius 2 is 1.77 bits per heavy atom. The van der Waals surface area contributed by atoms with E-state index in [0.29, 0.717) is 54.5 Å². The molecule has 14 nitrogen and oxygen atoms in total. The molecular formula is C43H52FN9O5S2. The molecule has 8 rings (SSSR count). The number of thiazole rings is 1. The van der Waals surface area contributed by atoms with Gasteiger partial charge in [0.15, 0.2) is 5.82 Å². The first-order chi connectivity index (χ1) is 28.9. The molecule has 4 aliphatic rings. The second-order valence-electron chi connectivity index (χ2n) is 16.5. The van der Waals surface area contributed by atoms with Crippen molar-refractivity contribution >= 4 is 50.7 Å². The number of fused-ring (bicyclic) bond motifs is 1. The molecule has 318 valence electrons. The number of anilines is 2. The van der Waals surface area contributed by atoms with Gasteiger partial charge in [0, 0.05) is 56.8 Å². The first kappa shape index (κ1) is 41.9. The van der Waals surface area contributed by atoms with Crippen LogP contribution in [-0.4, -0.2) is 107 Å². The van der Waals surface area contributed by atoms with Crippen LogP contribution in [0, 0.1) is 11.7 Å². The molecule has 4 N–H and O–H groups in total. The lowest BCUT2D eigenvalue weighted by Crippen LogP contribution is -2.47. The van der Waals surface area contributed by atoms with Crippen LogP contribution in [0.5, 0.6) is 0 Å². The number of piperidine rings is 3. The van der Waals surface area contributed by atoms with Crippen molar-refractivity contribution in [2.75, 3.05) is 62.0 Å². The highest BCUT2D eigenvalue weighted by Gasteiger charge is 2.32. The summed E-state index contributed by atoms with van der Waals surface area (Å²) in [5, 5.41) is 3.34. The molecule has 0 radical (unpaired) electrons. The Labute approximate surface area is 354 Å². The Morgan fingerprint density at radius 1 is 0.967 bits per heavy atom. The van der Waals surface area contributed by atoms with E-state index in [1.807, 2.05) is 11.0 Å². The first-order valence-corrected chi connectivity index (χ1v) is 23.5. The van der Waals surface area contributed by atoms with E-state index in [2.05, 4.69) is 41.9 Å². The monoisotopic (exact) mass is 857 g/mol. The average Bonchev–Trinajstić information content (AvgIpc) is 3.67. The molecule has 2 aromatic heterocycles. The lowest BCUT2D eigenvalue weighted by atomic mass is 9.87. The van der Waals surface area contributed by atoms with Crippen LogP contribution in [0.2, 0.25) is 0 Å². The van der Waals surface area contributed by atoms with E-state index in [4.69, 9.17) is 10.7 Å². The van der Waals surface area contributed by atoms with Crippen LogP contribution in [0.25, 0.3) is 21.8 Å². The van der Waals surface area contributed by atoms with Crippen LogP contribution in [0.1, 0.15) is 85.4 Å². The maximum Gasteiger partial charge on any atom is 0.236 e. The second-order valence-corrected chi connectivity index (χ2v) is 19.4. The van der Waals surface area contributed by atoms with E-state index < -0.39 is 15.8 Å². The maximum atomic E-state index is 16.1. The topological polar surface area (TPSA) is 184 Å². The molecule has 17 heteroatoms. The van der Waals surface area contributed by atoms with Crippen LogP contribution >= 0.6 is 11.3 Å². The fraction of sp³-hybridized carbons (Fsp3) is 0.488. The molecule has 4 aliphatic heterocycles. The zero-order valence-electron chi connectivity index (χ0n) is 33.9. The van der Waals surface area contributed by atoms with Crippen molar-refractivity contribution < 1.29 is 27.2 Å². The van der Waals surface area contributed by atoms with Crippen LogP contribution in [-0.2, 0) is 37.4 Å². The molecule has 3 fully saturated rings. The standard InChI is InChI=1S/C43H52FN9O5S2/c1-2-22-60(57,58)50-34-5-3-4-33(38(34)44)39-40(35-10-16-46-43(45)47-35)59-42(49-39)28-13-17-51(18-14-28)24-27-11-20-53(21-12-27)37(55)26-52-19-15-29-23-30(6-7-31(29)25-52)32-8-9-36(54)48-41(32)56/h3-7,10,16,23,27-28,32,50H,2,8-9,11-15,17-22,24-26H2,1H3,(H2,45,46,47)(H,48,54,56)/t32-/m0/s1. The third-order valence-electron chi connectivity index (χ3n) is 12.3. The Morgan fingerprint density at radius 3 is 2.52 bits per heavy atom. The van der Waals surface area contributed by atoms with Gasteiger partial charge in [0.2, 0.25) is 33.7 Å². The molecule has 0 unspecified atom stereocenters. The fourth-order valence-corrected chi connectivity index (χ4v) is 11.4. The number of halogens is 1. The number of amides is 3. The van der Waals surface area contributed by atoms with Gasteiger partial charge in [0.25, 0.3) is 0 Å². The SMILES string of the molecule is CCCS(=O)(=O)Nc1cccc(-c2nc(C3CCN(CC4CCN(C(=O)CN5CCc6cc([C@@H]7CCC(=O)NC7=O)ccc6C5)CC4)CC3)sc2-c2ccnc(N)n2)c1F. The van der Waals surface area contributed by atoms with Gasteiger partial charge in [-0.15, -0.1) is 11.3 Å². The molecule has 60 heavy (non-hydrogen) atoms. The quantitative estimate of drug-likeness (QED) is 0.161.